The van der Waals surface area contributed by atoms with Crippen molar-refractivity contribution in [1.82, 2.24) is 4.90 Å². The molecule has 0 unspecified atom stereocenters. The number of hydrogen-bond donors (Lipinski definition) is 0. The number of hydrogen-bond acceptors (Lipinski definition) is 3. The van der Waals surface area contributed by atoms with Crippen LogP contribution in [0, 0.1) is 12.8 Å². The Labute approximate surface area is 145 Å². The van der Waals surface area contributed by atoms with Crippen molar-refractivity contribution in [3.63, 3.8) is 0 Å². The fraction of sp³-hybridized carbons (Fsp3) is 0.632. The first-order valence-corrected chi connectivity index (χ1v) is 10.6. The number of nitrogens with zero attached hydrogens (tertiary/aromatic N) is 1. The molecule has 1 aromatic carbocycles. The SMILES string of the molecule is Cc1cccc2c1CC(C)(C)N(C(=O)C[C@@H]1CCCS(=O)(=O)C1)C2. The predicted octanol–water partition coefficient (Wildman–Crippen LogP) is 2.87. The highest BCUT2D eigenvalue weighted by molar-refractivity contribution is 7.91. The number of aryl methyl sites for hydroxylation is 1. The van der Waals surface area contributed by atoms with Crippen molar-refractivity contribution in [2.75, 3.05) is 11.5 Å². The third-order valence-corrected chi connectivity index (χ3v) is 7.39. The summed E-state index contributed by atoms with van der Waals surface area (Å²) in [6.07, 6.45) is 2.73. The van der Waals surface area contributed by atoms with E-state index in [4.69, 9.17) is 0 Å². The molecule has 0 bridgehead atoms. The van der Waals surface area contributed by atoms with E-state index in [1.165, 1.54) is 16.7 Å². The Morgan fingerprint density at radius 1 is 1.33 bits per heavy atom. The van der Waals surface area contributed by atoms with E-state index in [-0.39, 0.29) is 28.9 Å². The van der Waals surface area contributed by atoms with Crippen LogP contribution in [0.3, 0.4) is 0 Å². The van der Waals surface area contributed by atoms with Crippen molar-refractivity contribution in [1.29, 1.82) is 0 Å². The third kappa shape index (κ3) is 3.51. The number of carbonyl (C=O) groups is 1. The van der Waals surface area contributed by atoms with Crippen LogP contribution in [0.25, 0.3) is 0 Å². The fourth-order valence-corrected chi connectivity index (χ4v) is 5.91. The van der Waals surface area contributed by atoms with Crippen LogP contribution in [0.5, 0.6) is 0 Å². The second-order valence-corrected chi connectivity index (χ2v) is 10.2. The molecule has 1 aromatic rings. The number of rotatable bonds is 2. The highest BCUT2D eigenvalue weighted by Gasteiger charge is 2.37. The maximum atomic E-state index is 12.9. The Morgan fingerprint density at radius 3 is 2.79 bits per heavy atom. The summed E-state index contributed by atoms with van der Waals surface area (Å²) in [6.45, 7) is 6.97. The Balaban J connectivity index is 1.77. The predicted molar refractivity (Wildman–Crippen MR) is 95.5 cm³/mol. The molecule has 132 valence electrons. The molecule has 0 spiro atoms. The Kier molecular flexibility index (Phi) is 4.49. The molecule has 0 saturated carbocycles. The number of carbonyl (C=O) groups excluding carboxylic acids is 1. The van der Waals surface area contributed by atoms with E-state index >= 15 is 0 Å². The van der Waals surface area contributed by atoms with Crippen LogP contribution in [0.1, 0.15) is 49.8 Å². The topological polar surface area (TPSA) is 54.5 Å². The highest BCUT2D eigenvalue weighted by atomic mass is 32.2. The number of fused-ring (bicyclic) bond motifs is 1. The van der Waals surface area contributed by atoms with Crippen molar-refractivity contribution in [2.45, 2.75) is 58.5 Å². The molecule has 2 aliphatic heterocycles. The molecule has 0 N–H and O–H groups in total. The van der Waals surface area contributed by atoms with Gasteiger partial charge in [0.25, 0.3) is 0 Å². The molecule has 4 nitrogen and oxygen atoms in total. The van der Waals surface area contributed by atoms with Crippen LogP contribution in [0.2, 0.25) is 0 Å². The number of sulfone groups is 1. The summed E-state index contributed by atoms with van der Waals surface area (Å²) in [5.74, 6) is 0.516. The lowest BCUT2D eigenvalue weighted by Gasteiger charge is -2.44. The van der Waals surface area contributed by atoms with Crippen LogP contribution in [-0.2, 0) is 27.6 Å². The van der Waals surface area contributed by atoms with Crippen LogP contribution >= 0.6 is 0 Å². The standard InChI is InChI=1S/C19H27NO3S/c1-14-6-4-8-16-12-20(19(2,3)11-17(14)16)18(21)10-15-7-5-9-24(22,23)13-15/h4,6,8,15H,5,7,9-13H2,1-3H3/t15-/m0/s1. The van der Waals surface area contributed by atoms with Gasteiger partial charge >= 0.3 is 0 Å². The minimum absolute atomic E-state index is 0.0223. The summed E-state index contributed by atoms with van der Waals surface area (Å²) in [5.41, 5.74) is 3.63. The van der Waals surface area contributed by atoms with E-state index in [0.717, 1.165) is 12.8 Å². The molecule has 24 heavy (non-hydrogen) atoms. The second-order valence-electron chi connectivity index (χ2n) is 8.01. The van der Waals surface area contributed by atoms with E-state index in [9.17, 15) is 13.2 Å². The highest BCUT2D eigenvalue weighted by Crippen LogP contribution is 2.34. The third-order valence-electron chi connectivity index (χ3n) is 5.50. The minimum Gasteiger partial charge on any atom is -0.333 e. The van der Waals surface area contributed by atoms with Gasteiger partial charge in [0.15, 0.2) is 9.84 Å². The van der Waals surface area contributed by atoms with Gasteiger partial charge in [-0.05, 0) is 62.6 Å². The summed E-state index contributed by atoms with van der Waals surface area (Å²) < 4.78 is 23.6. The van der Waals surface area contributed by atoms with Crippen molar-refractivity contribution < 1.29 is 13.2 Å². The van der Waals surface area contributed by atoms with Crippen molar-refractivity contribution in [3.05, 3.63) is 34.9 Å². The Hall–Kier alpha value is -1.36. The van der Waals surface area contributed by atoms with E-state index < -0.39 is 9.84 Å². The summed E-state index contributed by atoms with van der Waals surface area (Å²) >= 11 is 0. The van der Waals surface area contributed by atoms with E-state index in [1.54, 1.807) is 0 Å². The van der Waals surface area contributed by atoms with E-state index in [2.05, 4.69) is 32.9 Å². The largest absolute Gasteiger partial charge is 0.333 e. The quantitative estimate of drug-likeness (QED) is 0.825. The maximum absolute atomic E-state index is 12.9. The van der Waals surface area contributed by atoms with Crippen molar-refractivity contribution in [3.8, 4) is 0 Å². The van der Waals surface area contributed by atoms with Gasteiger partial charge in [0, 0.05) is 18.5 Å². The van der Waals surface area contributed by atoms with Gasteiger partial charge in [0.1, 0.15) is 0 Å². The molecular formula is C19H27NO3S. The van der Waals surface area contributed by atoms with Crippen LogP contribution in [0.15, 0.2) is 18.2 Å². The normalized spacial score (nSPS) is 25.1. The van der Waals surface area contributed by atoms with Gasteiger partial charge in [0.2, 0.25) is 5.91 Å². The monoisotopic (exact) mass is 349 g/mol. The lowest BCUT2D eigenvalue weighted by atomic mass is 9.83. The van der Waals surface area contributed by atoms with Crippen LogP contribution in [-0.4, -0.2) is 36.3 Å². The summed E-state index contributed by atoms with van der Waals surface area (Å²) in [6, 6.07) is 6.27. The smallest absolute Gasteiger partial charge is 0.223 e. The summed E-state index contributed by atoms with van der Waals surface area (Å²) in [5, 5.41) is 0. The first kappa shape index (κ1) is 17.5. The van der Waals surface area contributed by atoms with Gasteiger partial charge in [-0.3, -0.25) is 4.79 Å². The fourth-order valence-electron chi connectivity index (χ4n) is 4.14. The molecule has 1 fully saturated rings. The van der Waals surface area contributed by atoms with Crippen molar-refractivity contribution in [2.24, 2.45) is 5.92 Å². The summed E-state index contributed by atoms with van der Waals surface area (Å²) in [4.78, 5) is 14.9. The molecule has 5 heteroatoms. The molecule has 1 atom stereocenters. The van der Waals surface area contributed by atoms with E-state index in [1.807, 2.05) is 11.0 Å². The molecular weight excluding hydrogens is 322 g/mol. The average Bonchev–Trinajstić information content (AvgIpc) is 2.46. The van der Waals surface area contributed by atoms with Crippen molar-refractivity contribution >= 4 is 15.7 Å². The molecule has 1 amide bonds. The van der Waals surface area contributed by atoms with Gasteiger partial charge in [-0.15, -0.1) is 0 Å². The molecule has 0 aromatic heterocycles. The minimum atomic E-state index is -2.96. The van der Waals surface area contributed by atoms with Gasteiger partial charge in [-0.1, -0.05) is 18.2 Å². The zero-order valence-electron chi connectivity index (χ0n) is 14.8. The first-order chi connectivity index (χ1) is 11.2. The van der Waals surface area contributed by atoms with Gasteiger partial charge in [0.05, 0.1) is 11.5 Å². The molecule has 2 heterocycles. The lowest BCUT2D eigenvalue weighted by molar-refractivity contribution is -0.139. The zero-order chi connectivity index (χ0) is 17.5. The molecule has 3 rings (SSSR count). The number of benzene rings is 1. The van der Waals surface area contributed by atoms with Gasteiger partial charge < -0.3 is 4.90 Å². The number of amides is 1. The first-order valence-electron chi connectivity index (χ1n) is 8.76. The average molecular weight is 349 g/mol. The molecule has 0 aliphatic carbocycles. The summed E-state index contributed by atoms with van der Waals surface area (Å²) in [7, 11) is -2.96. The zero-order valence-corrected chi connectivity index (χ0v) is 15.7. The van der Waals surface area contributed by atoms with Crippen LogP contribution in [0.4, 0.5) is 0 Å². The second kappa shape index (κ2) is 6.17. The Morgan fingerprint density at radius 2 is 2.08 bits per heavy atom. The Bertz CT molecular complexity index is 752. The molecule has 1 saturated heterocycles. The van der Waals surface area contributed by atoms with E-state index in [0.29, 0.717) is 19.4 Å². The van der Waals surface area contributed by atoms with Crippen LogP contribution < -0.4 is 0 Å². The van der Waals surface area contributed by atoms with Gasteiger partial charge in [-0.25, -0.2) is 8.42 Å². The lowest BCUT2D eigenvalue weighted by Crippen LogP contribution is -2.52. The molecule has 2 aliphatic rings. The maximum Gasteiger partial charge on any atom is 0.223 e. The van der Waals surface area contributed by atoms with Gasteiger partial charge in [-0.2, -0.15) is 0 Å². The molecule has 0 radical (unpaired) electrons.